The van der Waals surface area contributed by atoms with Crippen molar-refractivity contribution < 1.29 is 8.22 Å². The van der Waals surface area contributed by atoms with Crippen molar-refractivity contribution in [3.63, 3.8) is 0 Å². The molecule has 0 bridgehead atoms. The topological polar surface area (TPSA) is 24.1 Å². The molecule has 6 aromatic rings. The highest BCUT2D eigenvalue weighted by molar-refractivity contribution is 7.12. The summed E-state index contributed by atoms with van der Waals surface area (Å²) in [7, 11) is -9.40. The maximum Gasteiger partial charge on any atom is 0.423 e. The van der Waals surface area contributed by atoms with Crippen LogP contribution >= 0.6 is 0 Å². The molecular weight excluding hydrogens is 987 g/mol. The van der Waals surface area contributed by atoms with Crippen molar-refractivity contribution in [3.8, 4) is 44.5 Å². The molecule has 6 heteroatoms. The molecule has 7 rings (SSSR count). The first-order valence-electron chi connectivity index (χ1n) is 30.3. The van der Waals surface area contributed by atoms with Gasteiger partial charge in [-0.25, -0.2) is 0 Å². The fourth-order valence-electron chi connectivity index (χ4n) is 12.5. The zero-order valence-electron chi connectivity index (χ0n) is 52.8. The summed E-state index contributed by atoms with van der Waals surface area (Å²) in [4.78, 5) is 0. The van der Waals surface area contributed by atoms with E-state index in [4.69, 9.17) is 0 Å². The molecule has 2 N–H and O–H groups in total. The molecule has 1 aliphatic rings. The molecule has 0 atom stereocenters. The minimum atomic E-state index is -4.70. The van der Waals surface area contributed by atoms with Crippen LogP contribution in [0.15, 0.2) is 84.9 Å². The van der Waals surface area contributed by atoms with Gasteiger partial charge in [-0.05, 0) is 182 Å². The van der Waals surface area contributed by atoms with Crippen LogP contribution in [0.1, 0.15) is 304 Å². The quantitative estimate of drug-likeness (QED) is 0.0662. The van der Waals surface area contributed by atoms with Gasteiger partial charge in [0.2, 0.25) is 0 Å². The summed E-state index contributed by atoms with van der Waals surface area (Å²) >= 11 is 0. The molecule has 0 aliphatic carbocycles. The van der Waals surface area contributed by atoms with Gasteiger partial charge in [0.1, 0.15) is 0 Å². The first kappa shape index (κ1) is 61.2. The molecule has 1 aliphatic heterocycles. The first-order chi connectivity index (χ1) is 36.3. The molecule has 0 spiro atoms. The summed E-state index contributed by atoms with van der Waals surface area (Å²) in [5, 5.41) is 1.21. The van der Waals surface area contributed by atoms with Crippen LogP contribution in [0.25, 0.3) is 44.5 Å². The van der Waals surface area contributed by atoms with E-state index in [1.807, 2.05) is 0 Å². The monoisotopic (exact) mass is 1090 g/mol. The van der Waals surface area contributed by atoms with Gasteiger partial charge in [-0.3, -0.25) is 17.5 Å². The van der Waals surface area contributed by atoms with Crippen molar-refractivity contribution in [2.45, 2.75) is 237 Å². The summed E-state index contributed by atoms with van der Waals surface area (Å²) < 4.78 is 47.8. The molecule has 0 radical (unpaired) electrons. The van der Waals surface area contributed by atoms with E-state index in [2.05, 4.69) is 260 Å². The predicted octanol–water partition coefficient (Wildman–Crippen LogP) is 21.0. The van der Waals surface area contributed by atoms with E-state index >= 15 is 8.22 Å². The summed E-state index contributed by atoms with van der Waals surface area (Å²) in [6, 6.07) is 31.9. The molecule has 1 saturated heterocycles. The van der Waals surface area contributed by atoms with Crippen molar-refractivity contribution in [1.29, 1.82) is 0 Å². The van der Waals surface area contributed by atoms with Gasteiger partial charge in [0.05, 0.1) is 0 Å². The van der Waals surface area contributed by atoms with E-state index in [-0.39, 0.29) is 47.3 Å². The largest absolute Gasteiger partial charge is 0.423 e. The summed E-state index contributed by atoms with van der Waals surface area (Å²) in [5.41, 5.74) is 22.6. The van der Waals surface area contributed by atoms with Crippen molar-refractivity contribution in [3.05, 3.63) is 152 Å². The van der Waals surface area contributed by atoms with Crippen LogP contribution in [0, 0.1) is 0 Å². The van der Waals surface area contributed by atoms with E-state index in [0.717, 1.165) is 44.5 Å². The van der Waals surface area contributed by atoms with E-state index in [0.29, 0.717) is 34.0 Å². The Morgan fingerprint density at radius 3 is 0.538 bits per heavy atom. The number of halogens is 2. The van der Waals surface area contributed by atoms with Crippen LogP contribution in [0.5, 0.6) is 0 Å². The van der Waals surface area contributed by atoms with Crippen molar-refractivity contribution >= 4 is 27.8 Å². The predicted molar refractivity (Wildman–Crippen MR) is 343 cm³/mol. The van der Waals surface area contributed by atoms with Gasteiger partial charge in [0.15, 0.2) is 0 Å². The molecule has 0 amide bonds. The lowest BCUT2D eigenvalue weighted by molar-refractivity contribution is 0.645. The second-order valence-corrected chi connectivity index (χ2v) is 32.8. The highest BCUT2D eigenvalue weighted by Gasteiger charge is 2.67. The van der Waals surface area contributed by atoms with Crippen LogP contribution in [0.4, 0.5) is 8.22 Å². The summed E-state index contributed by atoms with van der Waals surface area (Å²) in [6.45, 7) is 54.4. The zero-order chi connectivity index (χ0) is 57.9. The third-order valence-corrected chi connectivity index (χ3v) is 25.1. The smallest absolute Gasteiger partial charge is 0.277 e. The van der Waals surface area contributed by atoms with Gasteiger partial charge < -0.3 is 0 Å². The third kappa shape index (κ3) is 11.6. The Kier molecular flexibility index (Phi) is 18.5. The van der Waals surface area contributed by atoms with Crippen LogP contribution < -0.4 is 19.7 Å². The Hall–Kier alpha value is -4.47. The number of benzene rings is 6. The SMILES string of the molecule is CC(C)c1cc(C(C)C)c(-c2cccc(-c3c(C(C)C)cc(C(C)C)cc3C(C)C)c2[Si]2(F)N[Si](F)(c3c(-c4c(C(C)C)cc(C(C)C)cc4C(C)C)cccc3-c3c(C(C)C)cc(C(C)C)cc3C(C)C)N2)c(C(C)C)c1. The highest BCUT2D eigenvalue weighted by atomic mass is 28.5. The lowest BCUT2D eigenvalue weighted by atomic mass is 9.79. The Morgan fingerprint density at radius 2 is 0.410 bits per heavy atom. The maximum atomic E-state index is 20.4. The minimum absolute atomic E-state index is 0.152. The van der Waals surface area contributed by atoms with E-state index in [9.17, 15) is 0 Å². The number of rotatable bonds is 18. The molecular formula is C72H100F2N2Si2. The Bertz CT molecular complexity index is 2630. The summed E-state index contributed by atoms with van der Waals surface area (Å²) in [6.07, 6.45) is 0. The van der Waals surface area contributed by atoms with E-state index < -0.39 is 17.5 Å². The molecule has 420 valence electrons. The highest BCUT2D eigenvalue weighted by Crippen LogP contribution is 2.47. The second kappa shape index (κ2) is 23.6. The fourth-order valence-corrected chi connectivity index (χ4v) is 20.6. The number of nitrogens with one attached hydrogen (secondary N) is 2. The lowest BCUT2D eigenvalue weighted by Gasteiger charge is -2.48. The van der Waals surface area contributed by atoms with Crippen LogP contribution in [-0.4, -0.2) is 17.5 Å². The molecule has 2 nitrogen and oxygen atoms in total. The lowest BCUT2D eigenvalue weighted by Crippen LogP contribution is -2.97. The van der Waals surface area contributed by atoms with Gasteiger partial charge in [0.25, 0.3) is 0 Å². The average Bonchev–Trinajstić information content (AvgIpc) is 3.35. The van der Waals surface area contributed by atoms with Gasteiger partial charge >= 0.3 is 17.5 Å². The van der Waals surface area contributed by atoms with Crippen molar-refractivity contribution in [1.82, 2.24) is 9.30 Å². The minimum Gasteiger partial charge on any atom is -0.277 e. The van der Waals surface area contributed by atoms with Crippen LogP contribution in [-0.2, 0) is 0 Å². The number of hydrogen-bond donors (Lipinski definition) is 2. The Labute approximate surface area is 476 Å². The number of hydrogen-bond acceptors (Lipinski definition) is 2. The Morgan fingerprint density at radius 1 is 0.256 bits per heavy atom. The van der Waals surface area contributed by atoms with Crippen LogP contribution in [0.3, 0.4) is 0 Å². The molecule has 0 aromatic heterocycles. The molecule has 78 heavy (non-hydrogen) atoms. The zero-order valence-corrected chi connectivity index (χ0v) is 54.8. The normalized spacial score (nSPS) is 17.2. The molecule has 6 aromatic carbocycles. The second-order valence-electron chi connectivity index (χ2n) is 27.2. The molecule has 0 unspecified atom stereocenters. The standard InChI is InChI=1S/C72H100F2N2Si2/c1-39(2)51-31-59(43(9)10)67(60(32-51)44(11)12)55-27-25-28-56(68-61(45(13)14)33-52(40(3)4)34-62(68)46(15)16)71(55)77(73)75-78(74,76-77)72-57(69-63(47(17)18)35-53(41(5)6)36-64(69)48(19)20)29-26-30-58(72)70-65(49(21)22)37-54(42(7)8)38-66(70)50(23)24/h25-50,75-76H,1-24H3. The van der Waals surface area contributed by atoms with Crippen molar-refractivity contribution in [2.24, 2.45) is 0 Å². The Balaban J connectivity index is 1.68. The van der Waals surface area contributed by atoms with E-state index in [1.54, 1.807) is 0 Å². The summed E-state index contributed by atoms with van der Waals surface area (Å²) in [5.74, 6) is 2.47. The van der Waals surface area contributed by atoms with E-state index in [1.165, 1.54) is 66.8 Å². The third-order valence-electron chi connectivity index (χ3n) is 17.1. The molecule has 1 fully saturated rings. The molecule has 1 heterocycles. The van der Waals surface area contributed by atoms with Gasteiger partial charge in [-0.15, -0.1) is 0 Å². The van der Waals surface area contributed by atoms with Crippen LogP contribution in [0.2, 0.25) is 0 Å². The van der Waals surface area contributed by atoms with Crippen molar-refractivity contribution in [2.75, 3.05) is 0 Å². The fraction of sp³-hybridized carbons (Fsp3) is 0.500. The maximum absolute atomic E-state index is 20.4. The first-order valence-corrected chi connectivity index (χ1v) is 34.1. The van der Waals surface area contributed by atoms with Gasteiger partial charge in [-0.2, -0.15) is 0 Å². The molecule has 0 saturated carbocycles. The average molecular weight is 1090 g/mol. The van der Waals surface area contributed by atoms with Gasteiger partial charge in [-0.1, -0.05) is 251 Å². The van der Waals surface area contributed by atoms with Gasteiger partial charge in [0, 0.05) is 10.4 Å².